The summed E-state index contributed by atoms with van der Waals surface area (Å²) < 4.78 is 10.6. The van der Waals surface area contributed by atoms with Crippen molar-refractivity contribution in [3.05, 3.63) is 65.2 Å². The Morgan fingerprint density at radius 3 is 1.66 bits per heavy atom. The van der Waals surface area contributed by atoms with Crippen molar-refractivity contribution in [2.75, 3.05) is 5.32 Å². The van der Waals surface area contributed by atoms with Gasteiger partial charge in [0.25, 0.3) is 0 Å². The number of rotatable bonds is 5. The third-order valence-corrected chi connectivity index (χ3v) is 3.80. The summed E-state index contributed by atoms with van der Waals surface area (Å²) in [5.74, 6) is -0.224. The Balaban J connectivity index is 1.90. The van der Waals surface area contributed by atoms with Crippen LogP contribution in [0, 0.1) is 0 Å². The van der Waals surface area contributed by atoms with Crippen molar-refractivity contribution in [1.82, 2.24) is 0 Å². The lowest BCUT2D eigenvalue weighted by atomic mass is 10.0. The fourth-order valence-electron chi connectivity index (χ4n) is 2.68. The molecule has 0 radical (unpaired) electrons. The zero-order chi connectivity index (χ0) is 21.7. The molecule has 0 aliphatic rings. The summed E-state index contributed by atoms with van der Waals surface area (Å²) in [6, 6.07) is 15.6. The predicted molar refractivity (Wildman–Crippen MR) is 115 cm³/mol. The van der Waals surface area contributed by atoms with Crippen molar-refractivity contribution in [2.24, 2.45) is 0 Å². The van der Waals surface area contributed by atoms with Crippen molar-refractivity contribution >= 4 is 17.7 Å². The van der Waals surface area contributed by atoms with Crippen molar-refractivity contribution in [2.45, 2.75) is 65.6 Å². The summed E-state index contributed by atoms with van der Waals surface area (Å²) in [4.78, 5) is 23.8. The Morgan fingerprint density at radius 2 is 1.17 bits per heavy atom. The number of esters is 1. The molecule has 2 aromatic carbocycles. The number of benzene rings is 2. The highest BCUT2D eigenvalue weighted by atomic mass is 16.6. The van der Waals surface area contributed by atoms with Gasteiger partial charge in [-0.2, -0.15) is 0 Å². The van der Waals surface area contributed by atoms with Gasteiger partial charge in [0.15, 0.2) is 0 Å². The molecule has 1 N–H and O–H groups in total. The van der Waals surface area contributed by atoms with Crippen molar-refractivity contribution in [1.29, 1.82) is 0 Å². The number of carbonyl (C=O) groups excluding carboxylic acids is 2. The normalized spacial score (nSPS) is 11.7. The van der Waals surface area contributed by atoms with Gasteiger partial charge in [-0.05, 0) is 76.8 Å². The molecule has 0 fully saturated rings. The van der Waals surface area contributed by atoms with Crippen LogP contribution in [0.25, 0.3) is 0 Å². The third kappa shape index (κ3) is 8.81. The molecule has 0 aromatic heterocycles. The van der Waals surface area contributed by atoms with Crippen molar-refractivity contribution < 1.29 is 19.1 Å². The average Bonchev–Trinajstić information content (AvgIpc) is 2.55. The second-order valence-electron chi connectivity index (χ2n) is 9.08. The molecule has 0 unspecified atom stereocenters. The number of hydrogen-bond acceptors (Lipinski definition) is 4. The molecule has 0 atom stereocenters. The van der Waals surface area contributed by atoms with E-state index in [0.717, 1.165) is 23.1 Å². The molecule has 0 bridgehead atoms. The summed E-state index contributed by atoms with van der Waals surface area (Å²) in [7, 11) is 0. The van der Waals surface area contributed by atoms with Crippen LogP contribution in [0.1, 0.15) is 58.2 Å². The Bertz CT molecular complexity index is 754. The first kappa shape index (κ1) is 22.5. The predicted octanol–water partition coefficient (Wildman–Crippen LogP) is 5.51. The Morgan fingerprint density at radius 1 is 0.724 bits per heavy atom. The van der Waals surface area contributed by atoms with Gasteiger partial charge in [-0.15, -0.1) is 0 Å². The van der Waals surface area contributed by atoms with E-state index in [0.29, 0.717) is 5.69 Å². The summed E-state index contributed by atoms with van der Waals surface area (Å²) in [5, 5.41) is 2.73. The highest BCUT2D eigenvalue weighted by Gasteiger charge is 2.17. The van der Waals surface area contributed by atoms with E-state index in [-0.39, 0.29) is 12.4 Å². The molecule has 2 rings (SSSR count). The number of amides is 1. The molecule has 2 aromatic rings. The van der Waals surface area contributed by atoms with Crippen LogP contribution in [0.2, 0.25) is 0 Å². The SMILES string of the molecule is CC(C)(C)OC(=O)Cc1ccc(Cc2ccc(NC(=O)OC(C)(C)C)cc2)cc1. The third-order valence-electron chi connectivity index (χ3n) is 3.80. The summed E-state index contributed by atoms with van der Waals surface area (Å²) >= 11 is 0. The van der Waals surface area contributed by atoms with Gasteiger partial charge < -0.3 is 9.47 Å². The molecule has 5 nitrogen and oxygen atoms in total. The van der Waals surface area contributed by atoms with Crippen LogP contribution in [0.15, 0.2) is 48.5 Å². The van der Waals surface area contributed by atoms with Gasteiger partial charge in [0.1, 0.15) is 11.2 Å². The van der Waals surface area contributed by atoms with Crippen molar-refractivity contribution in [3.63, 3.8) is 0 Å². The monoisotopic (exact) mass is 397 g/mol. The lowest BCUT2D eigenvalue weighted by molar-refractivity contribution is -0.153. The highest BCUT2D eigenvalue weighted by Crippen LogP contribution is 2.17. The van der Waals surface area contributed by atoms with Gasteiger partial charge in [0.2, 0.25) is 0 Å². The largest absolute Gasteiger partial charge is 0.460 e. The molecule has 0 saturated carbocycles. The second-order valence-corrected chi connectivity index (χ2v) is 9.08. The maximum absolute atomic E-state index is 11.9. The molecule has 0 saturated heterocycles. The minimum absolute atomic E-state index is 0.224. The quantitative estimate of drug-likeness (QED) is 0.676. The standard InChI is InChI=1S/C24H31NO4/c1-23(2,3)28-21(26)16-19-9-7-17(8-10-19)15-18-11-13-20(14-12-18)25-22(27)29-24(4,5)6/h7-14H,15-16H2,1-6H3,(H,25,27). The van der Waals surface area contributed by atoms with Crippen LogP contribution in [0.4, 0.5) is 10.5 Å². The molecule has 0 aliphatic heterocycles. The first-order chi connectivity index (χ1) is 13.4. The first-order valence-electron chi connectivity index (χ1n) is 9.78. The van der Waals surface area contributed by atoms with E-state index in [2.05, 4.69) is 5.32 Å². The molecular formula is C24H31NO4. The second kappa shape index (κ2) is 9.12. The number of ether oxygens (including phenoxy) is 2. The minimum atomic E-state index is -0.528. The van der Waals surface area contributed by atoms with E-state index < -0.39 is 17.3 Å². The molecule has 0 spiro atoms. The van der Waals surface area contributed by atoms with Crippen LogP contribution in [-0.4, -0.2) is 23.3 Å². The average molecular weight is 398 g/mol. The maximum atomic E-state index is 11.9. The minimum Gasteiger partial charge on any atom is -0.460 e. The lowest BCUT2D eigenvalue weighted by Gasteiger charge is -2.19. The molecule has 29 heavy (non-hydrogen) atoms. The molecule has 0 heterocycles. The fourth-order valence-corrected chi connectivity index (χ4v) is 2.68. The van der Waals surface area contributed by atoms with E-state index in [9.17, 15) is 9.59 Å². The molecule has 1 amide bonds. The van der Waals surface area contributed by atoms with Gasteiger partial charge in [-0.25, -0.2) is 4.79 Å². The summed E-state index contributed by atoms with van der Waals surface area (Å²) in [6.07, 6.45) is 0.563. The maximum Gasteiger partial charge on any atom is 0.412 e. The van der Waals surface area contributed by atoms with Crippen LogP contribution in [-0.2, 0) is 27.1 Å². The zero-order valence-corrected chi connectivity index (χ0v) is 18.2. The van der Waals surface area contributed by atoms with Gasteiger partial charge in [-0.3, -0.25) is 10.1 Å². The van der Waals surface area contributed by atoms with Gasteiger partial charge in [-0.1, -0.05) is 36.4 Å². The fraction of sp³-hybridized carbons (Fsp3) is 0.417. The number of anilines is 1. The number of nitrogens with one attached hydrogen (secondary N) is 1. The Hall–Kier alpha value is -2.82. The van der Waals surface area contributed by atoms with E-state index >= 15 is 0 Å². The number of hydrogen-bond donors (Lipinski definition) is 1. The Labute approximate surface area is 173 Å². The van der Waals surface area contributed by atoms with E-state index in [1.54, 1.807) is 0 Å². The van der Waals surface area contributed by atoms with Crippen LogP contribution < -0.4 is 5.32 Å². The summed E-state index contributed by atoms with van der Waals surface area (Å²) in [6.45, 7) is 11.1. The molecular weight excluding hydrogens is 366 g/mol. The topological polar surface area (TPSA) is 64.6 Å². The highest BCUT2D eigenvalue weighted by molar-refractivity contribution is 5.84. The molecule has 5 heteroatoms. The van der Waals surface area contributed by atoms with E-state index in [4.69, 9.17) is 9.47 Å². The number of carbonyl (C=O) groups is 2. The first-order valence-corrected chi connectivity index (χ1v) is 9.78. The van der Waals surface area contributed by atoms with Gasteiger partial charge in [0.05, 0.1) is 6.42 Å². The zero-order valence-electron chi connectivity index (χ0n) is 18.2. The summed E-state index contributed by atoms with van der Waals surface area (Å²) in [5.41, 5.74) is 2.89. The lowest BCUT2D eigenvalue weighted by Crippen LogP contribution is -2.27. The smallest absolute Gasteiger partial charge is 0.412 e. The van der Waals surface area contributed by atoms with Crippen LogP contribution in [0.5, 0.6) is 0 Å². The molecule has 0 aliphatic carbocycles. The Kier molecular flexibility index (Phi) is 7.07. The van der Waals surface area contributed by atoms with Gasteiger partial charge >= 0.3 is 12.1 Å². The van der Waals surface area contributed by atoms with Crippen molar-refractivity contribution in [3.8, 4) is 0 Å². The molecule has 156 valence electrons. The van der Waals surface area contributed by atoms with Crippen LogP contribution in [0.3, 0.4) is 0 Å². The van der Waals surface area contributed by atoms with E-state index in [1.165, 1.54) is 0 Å². The van der Waals surface area contributed by atoms with E-state index in [1.807, 2.05) is 90.1 Å². The van der Waals surface area contributed by atoms with Gasteiger partial charge in [0, 0.05) is 5.69 Å². The van der Waals surface area contributed by atoms with Crippen LogP contribution >= 0.6 is 0 Å².